The van der Waals surface area contributed by atoms with Crippen molar-refractivity contribution in [3.63, 3.8) is 0 Å². The minimum absolute atomic E-state index is 0. The van der Waals surface area contributed by atoms with Gasteiger partial charge in [0.1, 0.15) is 25.2 Å². The van der Waals surface area contributed by atoms with E-state index in [4.69, 9.17) is 21.1 Å². The molecule has 32 heteroatoms. The van der Waals surface area contributed by atoms with Crippen molar-refractivity contribution in [3.8, 4) is 0 Å². The van der Waals surface area contributed by atoms with Crippen LogP contribution in [0.2, 0.25) is 0 Å². The number of carbonyl (C=O) groups is 5. The Hall–Kier alpha value is -8.22. The molecule has 0 radical (unpaired) electrons. The highest BCUT2D eigenvalue weighted by Gasteiger charge is 2.21. The minimum atomic E-state index is -1.08. The summed E-state index contributed by atoms with van der Waals surface area (Å²) in [4.78, 5) is 140. The van der Waals surface area contributed by atoms with Crippen LogP contribution in [0.25, 0.3) is 33.5 Å². The largest absolute Gasteiger partial charge is 0.483 e. The van der Waals surface area contributed by atoms with Crippen molar-refractivity contribution >= 4 is 76.2 Å². The van der Waals surface area contributed by atoms with Gasteiger partial charge in [0.25, 0.3) is 23.2 Å². The number of aryl methyl sites for hydroxylation is 3. The van der Waals surface area contributed by atoms with E-state index in [0.717, 1.165) is 26.7 Å². The fourth-order valence-corrected chi connectivity index (χ4v) is 6.59. The molecule has 0 bridgehead atoms. The lowest BCUT2D eigenvalue weighted by molar-refractivity contribution is -0.137. The number of aliphatic carboxylic acids is 1. The number of hydrogen-bond donors (Lipinski definition) is 5. The molecule has 3 amide bonds. The number of carboxylic acid groups (broad SMARTS) is 2. The maximum Gasteiger partial charge on any atom is 0.410 e. The third kappa shape index (κ3) is 16.1. The average Bonchev–Trinajstić information content (AvgIpc) is 4.08. The number of imidazole rings is 3. The first kappa shape index (κ1) is 61.9. The van der Waals surface area contributed by atoms with Gasteiger partial charge < -0.3 is 49.5 Å². The van der Waals surface area contributed by atoms with E-state index < -0.39 is 58.6 Å². The molecule has 6 aromatic rings. The maximum absolute atomic E-state index is 12.4. The Balaban J connectivity index is 0.000000545. The fourth-order valence-electron chi connectivity index (χ4n) is 6.59. The molecule has 0 unspecified atom stereocenters. The third-order valence-corrected chi connectivity index (χ3v) is 10.2. The molecule has 410 valence electrons. The maximum atomic E-state index is 12.4. The highest BCUT2D eigenvalue weighted by Crippen LogP contribution is 2.10. The topological polar surface area (TPSA) is 360 Å². The molecule has 0 spiro atoms. The molecule has 0 aliphatic carbocycles. The summed E-state index contributed by atoms with van der Waals surface area (Å²) in [5.41, 5.74) is -2.28. The van der Waals surface area contributed by atoms with Gasteiger partial charge in [0.2, 0.25) is 11.8 Å². The number of hydrogen-bond acceptors (Lipinski definition) is 16. The van der Waals surface area contributed by atoms with Gasteiger partial charge in [0, 0.05) is 69.0 Å². The monoisotopic (exact) mass is 1070 g/mol. The Bertz CT molecular complexity index is 3320. The van der Waals surface area contributed by atoms with Crippen molar-refractivity contribution in [1.29, 1.82) is 0 Å². The number of fused-ring (bicyclic) bond motifs is 3. The zero-order valence-corrected chi connectivity index (χ0v) is 43.6. The first-order chi connectivity index (χ1) is 34.6. The van der Waals surface area contributed by atoms with Crippen molar-refractivity contribution in [3.05, 3.63) is 81.5 Å². The number of amides is 3. The lowest BCUT2D eigenvalue weighted by Gasteiger charge is -2.24. The Kier molecular flexibility index (Phi) is 24.0. The molecule has 0 aliphatic heterocycles. The van der Waals surface area contributed by atoms with Crippen LogP contribution in [-0.2, 0) is 85.8 Å². The van der Waals surface area contributed by atoms with Crippen LogP contribution in [0.1, 0.15) is 35.0 Å². The van der Waals surface area contributed by atoms with Gasteiger partial charge in [-0.3, -0.25) is 65.4 Å². The molecule has 5 N–H and O–H groups in total. The predicted octanol–water partition coefficient (Wildman–Crippen LogP) is -2.81. The SMILES string of the molecule is CN(CCCNC(=O)Cn1cnc2c1c(=O)n(C)c(=O)n2C)C(=O)OC(C)(C)C.CNCCCNC(=O)Cn1cnc2c1c(=O)n(C)c(=O)n2C.Cl.Cn1c(=O)c2c(ncn2CC(=O)O)n(C)c1=O.O=CO.[2H]CF. The quantitative estimate of drug-likeness (QED) is 0.0543. The number of halogens is 2. The minimum Gasteiger partial charge on any atom is -0.483 e. The highest BCUT2D eigenvalue weighted by atomic mass is 35.5. The van der Waals surface area contributed by atoms with Crippen molar-refractivity contribution in [2.24, 2.45) is 42.3 Å². The molecule has 6 rings (SSSR count). The number of aromatic nitrogens is 12. The molecule has 0 aromatic carbocycles. The van der Waals surface area contributed by atoms with Crippen LogP contribution in [0.3, 0.4) is 0 Å². The van der Waals surface area contributed by atoms with Crippen LogP contribution in [0.15, 0.2) is 47.7 Å². The Labute approximate surface area is 427 Å². The van der Waals surface area contributed by atoms with E-state index in [1.807, 2.05) is 7.05 Å². The average molecular weight is 1070 g/mol. The van der Waals surface area contributed by atoms with Crippen molar-refractivity contribution in [1.82, 2.24) is 76.9 Å². The van der Waals surface area contributed by atoms with Gasteiger partial charge >= 0.3 is 29.1 Å². The smallest absolute Gasteiger partial charge is 0.410 e. The summed E-state index contributed by atoms with van der Waals surface area (Å²) in [6.45, 7) is 6.80. The molecule has 0 saturated carbocycles. The van der Waals surface area contributed by atoms with E-state index in [9.17, 15) is 52.3 Å². The molecule has 0 atom stereocenters. The number of carboxylic acids is 1. The second kappa shape index (κ2) is 28.7. The molecule has 6 heterocycles. The number of carbonyl (C=O) groups excluding carboxylic acids is 3. The molecule has 74 heavy (non-hydrogen) atoms. The lowest BCUT2D eigenvalue weighted by Crippen LogP contribution is -2.38. The zero-order chi connectivity index (χ0) is 56.4. The Morgan fingerprint density at radius 2 is 1.00 bits per heavy atom. The van der Waals surface area contributed by atoms with E-state index >= 15 is 0 Å². The van der Waals surface area contributed by atoms with E-state index in [1.165, 1.54) is 86.5 Å². The van der Waals surface area contributed by atoms with Gasteiger partial charge in [-0.25, -0.2) is 34.1 Å². The summed E-state index contributed by atoms with van der Waals surface area (Å²) in [5.74, 6) is -1.59. The van der Waals surface area contributed by atoms with Gasteiger partial charge in [-0.15, -0.1) is 12.4 Å². The normalized spacial score (nSPS) is 10.7. The zero-order valence-electron chi connectivity index (χ0n) is 43.8. The predicted molar refractivity (Wildman–Crippen MR) is 269 cm³/mol. The summed E-state index contributed by atoms with van der Waals surface area (Å²) in [6.07, 6.45) is 4.95. The second-order valence-electron chi connectivity index (χ2n) is 16.7. The summed E-state index contributed by atoms with van der Waals surface area (Å²) in [5, 5.41) is 24.1. The number of ether oxygens (including phenoxy) is 1. The summed E-state index contributed by atoms with van der Waals surface area (Å²) in [6, 6.07) is 0. The fraction of sp³-hybridized carbons (Fsp3) is 0.524. The van der Waals surface area contributed by atoms with Crippen LogP contribution in [0.5, 0.6) is 0 Å². The van der Waals surface area contributed by atoms with Crippen molar-refractivity contribution in [2.45, 2.75) is 58.8 Å². The van der Waals surface area contributed by atoms with Crippen molar-refractivity contribution in [2.75, 3.05) is 47.4 Å². The van der Waals surface area contributed by atoms with E-state index in [1.54, 1.807) is 34.9 Å². The Morgan fingerprint density at radius 3 is 1.31 bits per heavy atom. The van der Waals surface area contributed by atoms with Crippen LogP contribution in [-0.4, -0.2) is 155 Å². The number of alkyl halides is 1. The number of nitrogens with zero attached hydrogens (tertiary/aromatic N) is 13. The van der Waals surface area contributed by atoms with Gasteiger partial charge in [0.05, 0.1) is 27.5 Å². The van der Waals surface area contributed by atoms with Crippen LogP contribution >= 0.6 is 12.4 Å². The van der Waals surface area contributed by atoms with Gasteiger partial charge in [-0.05, 0) is 47.2 Å². The molecule has 30 nitrogen and oxygen atoms in total. The second-order valence-corrected chi connectivity index (χ2v) is 16.7. The summed E-state index contributed by atoms with van der Waals surface area (Å²) >= 11 is 0. The summed E-state index contributed by atoms with van der Waals surface area (Å²) in [7, 11) is 11.1. The van der Waals surface area contributed by atoms with Crippen molar-refractivity contribution < 1.29 is 44.7 Å². The molecule has 6 aromatic heterocycles. The number of nitrogens with one attached hydrogen (secondary N) is 3. The van der Waals surface area contributed by atoms with Crippen LogP contribution < -0.4 is 49.7 Å². The van der Waals surface area contributed by atoms with Gasteiger partial charge in [0.15, 0.2) is 33.5 Å². The molecular formula is C42H64ClFN16O14. The van der Waals surface area contributed by atoms with Crippen LogP contribution in [0.4, 0.5) is 9.18 Å². The molecule has 0 fully saturated rings. The highest BCUT2D eigenvalue weighted by molar-refractivity contribution is 5.85. The van der Waals surface area contributed by atoms with Gasteiger partial charge in [-0.1, -0.05) is 0 Å². The van der Waals surface area contributed by atoms with E-state index in [0.29, 0.717) is 26.1 Å². The third-order valence-electron chi connectivity index (χ3n) is 10.2. The van der Waals surface area contributed by atoms with Gasteiger partial charge in [-0.2, -0.15) is 0 Å². The van der Waals surface area contributed by atoms with E-state index in [2.05, 4.69) is 30.9 Å². The first-order valence-corrected chi connectivity index (χ1v) is 21.7. The number of rotatable bonds is 14. The molecule has 0 aliphatic rings. The van der Waals surface area contributed by atoms with E-state index in [-0.39, 0.29) is 83.8 Å². The first-order valence-electron chi connectivity index (χ1n) is 22.5. The van der Waals surface area contributed by atoms with Crippen LogP contribution in [0, 0.1) is 0 Å². The molecule has 0 saturated heterocycles. The Morgan fingerprint density at radius 1 is 0.676 bits per heavy atom. The lowest BCUT2D eigenvalue weighted by atomic mass is 10.2. The standard InChI is InChI=1S/C18H28N6O5.C13H20N6O3.C9H10N4O4.CH3F.CH2O2.ClH/c1-18(2,3)29-17(28)21(4)9-7-8-19-12(25)10-24-11-20-14-13(24)15(26)23(6)16(27)22(14)5;1-14-5-4-6-15-9(20)7-19-8-16-11-10(19)12(21)18(3)13(22)17(11)2;1-11-7-6(8(16)12(2)9(11)17)13(4-10-7)3-5(14)15;1-2;2-1-3;/h11H,7-10H2,1-6H3,(H,19,25);8,14H,4-7H2,1-3H3,(H,15,20);4H,3H2,1-2H3,(H,14,15);1H3;1H,(H,2,3);1H/i;;;1D;;. The summed E-state index contributed by atoms with van der Waals surface area (Å²) < 4.78 is 31.5. The molecular weight excluding hydrogens is 1010 g/mol.